The SMILES string of the molecule is CCCCCC(=O)/C=C/[C@@H]1C2CC(=O)O[C@H]2C[C@H]1C. The Morgan fingerprint density at radius 3 is 2.95 bits per heavy atom. The molecule has 19 heavy (non-hydrogen) atoms. The predicted molar refractivity (Wildman–Crippen MR) is 73.5 cm³/mol. The van der Waals surface area contributed by atoms with Crippen molar-refractivity contribution in [3.63, 3.8) is 0 Å². The van der Waals surface area contributed by atoms with Gasteiger partial charge < -0.3 is 4.74 Å². The quantitative estimate of drug-likeness (QED) is 0.420. The summed E-state index contributed by atoms with van der Waals surface area (Å²) in [6.07, 6.45) is 9.21. The summed E-state index contributed by atoms with van der Waals surface area (Å²) in [4.78, 5) is 23.1. The summed E-state index contributed by atoms with van der Waals surface area (Å²) in [5.41, 5.74) is 0. The maximum absolute atomic E-state index is 11.8. The minimum absolute atomic E-state index is 0.0745. The van der Waals surface area contributed by atoms with Gasteiger partial charge in [-0.15, -0.1) is 0 Å². The van der Waals surface area contributed by atoms with E-state index in [-0.39, 0.29) is 17.9 Å². The predicted octanol–water partition coefficient (Wildman–Crippen LogP) is 3.28. The van der Waals surface area contributed by atoms with E-state index in [0.717, 1.165) is 25.7 Å². The van der Waals surface area contributed by atoms with Crippen molar-refractivity contribution >= 4 is 11.8 Å². The first-order chi connectivity index (χ1) is 9.11. The molecule has 1 unspecified atom stereocenters. The van der Waals surface area contributed by atoms with E-state index in [1.807, 2.05) is 6.08 Å². The van der Waals surface area contributed by atoms with Crippen molar-refractivity contribution in [2.75, 3.05) is 0 Å². The number of carbonyl (C=O) groups is 2. The van der Waals surface area contributed by atoms with Gasteiger partial charge in [-0.1, -0.05) is 32.8 Å². The summed E-state index contributed by atoms with van der Waals surface area (Å²) in [6.45, 7) is 4.32. The largest absolute Gasteiger partial charge is 0.462 e. The van der Waals surface area contributed by atoms with Crippen LogP contribution in [0.4, 0.5) is 0 Å². The first kappa shape index (κ1) is 14.3. The van der Waals surface area contributed by atoms with Crippen molar-refractivity contribution in [2.24, 2.45) is 17.8 Å². The van der Waals surface area contributed by atoms with Crippen LogP contribution in [-0.2, 0) is 14.3 Å². The average Bonchev–Trinajstić information content (AvgIpc) is 2.82. The Morgan fingerprint density at radius 1 is 1.42 bits per heavy atom. The Kier molecular flexibility index (Phi) is 4.78. The van der Waals surface area contributed by atoms with Crippen LogP contribution in [0.3, 0.4) is 0 Å². The second-order valence-corrected chi connectivity index (χ2v) is 5.97. The Morgan fingerprint density at radius 2 is 2.21 bits per heavy atom. The van der Waals surface area contributed by atoms with Crippen LogP contribution in [0.15, 0.2) is 12.2 Å². The normalized spacial score (nSPS) is 33.7. The molecule has 2 fully saturated rings. The van der Waals surface area contributed by atoms with Gasteiger partial charge in [-0.3, -0.25) is 9.59 Å². The zero-order valence-electron chi connectivity index (χ0n) is 11.9. The molecule has 4 atom stereocenters. The smallest absolute Gasteiger partial charge is 0.306 e. The highest BCUT2D eigenvalue weighted by molar-refractivity contribution is 5.89. The number of allylic oxidation sites excluding steroid dienone is 2. The molecule has 106 valence electrons. The molecule has 2 rings (SSSR count). The third-order valence-corrected chi connectivity index (χ3v) is 4.45. The molecule has 0 radical (unpaired) electrons. The molecule has 0 N–H and O–H groups in total. The minimum Gasteiger partial charge on any atom is -0.462 e. The second-order valence-electron chi connectivity index (χ2n) is 5.97. The van der Waals surface area contributed by atoms with Gasteiger partial charge in [-0.2, -0.15) is 0 Å². The number of esters is 1. The molecule has 0 aromatic rings. The maximum Gasteiger partial charge on any atom is 0.306 e. The number of hydrogen-bond acceptors (Lipinski definition) is 3. The number of ether oxygens (including phenoxy) is 1. The van der Waals surface area contributed by atoms with Gasteiger partial charge in [0.15, 0.2) is 5.78 Å². The molecule has 3 heteroatoms. The third-order valence-electron chi connectivity index (χ3n) is 4.45. The van der Waals surface area contributed by atoms with Gasteiger partial charge in [0.25, 0.3) is 0 Å². The fourth-order valence-corrected chi connectivity index (χ4v) is 3.36. The second kappa shape index (κ2) is 6.36. The topological polar surface area (TPSA) is 43.4 Å². The van der Waals surface area contributed by atoms with Crippen LogP contribution in [0, 0.1) is 17.8 Å². The van der Waals surface area contributed by atoms with Gasteiger partial charge in [0.1, 0.15) is 6.10 Å². The molecule has 1 heterocycles. The number of ketones is 1. The van der Waals surface area contributed by atoms with Gasteiger partial charge in [0, 0.05) is 12.3 Å². The Labute approximate surface area is 115 Å². The maximum atomic E-state index is 11.8. The van der Waals surface area contributed by atoms with Gasteiger partial charge in [0.2, 0.25) is 0 Å². The van der Waals surface area contributed by atoms with Crippen LogP contribution >= 0.6 is 0 Å². The molecule has 0 amide bonds. The summed E-state index contributed by atoms with van der Waals surface area (Å²) < 4.78 is 5.31. The highest BCUT2D eigenvalue weighted by Crippen LogP contribution is 2.45. The molecule has 0 spiro atoms. The lowest BCUT2D eigenvalue weighted by Crippen LogP contribution is -2.13. The molecule has 0 bridgehead atoms. The van der Waals surface area contributed by atoms with Crippen molar-refractivity contribution in [3.05, 3.63) is 12.2 Å². The first-order valence-corrected chi connectivity index (χ1v) is 7.52. The van der Waals surface area contributed by atoms with E-state index in [2.05, 4.69) is 13.8 Å². The van der Waals surface area contributed by atoms with E-state index in [1.54, 1.807) is 6.08 Å². The minimum atomic E-state index is -0.0745. The molecular weight excluding hydrogens is 240 g/mol. The lowest BCUT2D eigenvalue weighted by atomic mass is 9.88. The molecule has 3 nitrogen and oxygen atoms in total. The van der Waals surface area contributed by atoms with Gasteiger partial charge >= 0.3 is 5.97 Å². The van der Waals surface area contributed by atoms with Gasteiger partial charge in [-0.05, 0) is 30.8 Å². The van der Waals surface area contributed by atoms with E-state index < -0.39 is 0 Å². The summed E-state index contributed by atoms with van der Waals surface area (Å²) >= 11 is 0. The zero-order valence-corrected chi connectivity index (χ0v) is 11.9. The van der Waals surface area contributed by atoms with Crippen molar-refractivity contribution in [2.45, 2.75) is 58.5 Å². The van der Waals surface area contributed by atoms with E-state index in [9.17, 15) is 9.59 Å². The fraction of sp³-hybridized carbons (Fsp3) is 0.750. The van der Waals surface area contributed by atoms with E-state index in [0.29, 0.717) is 30.6 Å². The molecule has 1 aliphatic heterocycles. The van der Waals surface area contributed by atoms with Gasteiger partial charge in [0.05, 0.1) is 6.42 Å². The first-order valence-electron chi connectivity index (χ1n) is 7.52. The number of carbonyl (C=O) groups excluding carboxylic acids is 2. The monoisotopic (exact) mass is 264 g/mol. The number of fused-ring (bicyclic) bond motifs is 1. The highest BCUT2D eigenvalue weighted by atomic mass is 16.6. The van der Waals surface area contributed by atoms with Crippen LogP contribution < -0.4 is 0 Å². The van der Waals surface area contributed by atoms with Crippen LogP contribution in [0.2, 0.25) is 0 Å². The van der Waals surface area contributed by atoms with E-state index in [4.69, 9.17) is 4.74 Å². The van der Waals surface area contributed by atoms with Crippen molar-refractivity contribution in [1.82, 2.24) is 0 Å². The van der Waals surface area contributed by atoms with Crippen molar-refractivity contribution < 1.29 is 14.3 Å². The molecular formula is C16H24O3. The van der Waals surface area contributed by atoms with E-state index in [1.165, 1.54) is 0 Å². The summed E-state index contributed by atoms with van der Waals surface area (Å²) in [6, 6.07) is 0. The third kappa shape index (κ3) is 3.46. The molecule has 0 aromatic carbocycles. The molecule has 0 aromatic heterocycles. The molecule has 1 saturated carbocycles. The van der Waals surface area contributed by atoms with Gasteiger partial charge in [-0.25, -0.2) is 0 Å². The highest BCUT2D eigenvalue weighted by Gasteiger charge is 2.47. The van der Waals surface area contributed by atoms with Crippen LogP contribution in [-0.4, -0.2) is 17.9 Å². The molecule has 1 saturated heterocycles. The summed E-state index contributed by atoms with van der Waals surface area (Å²) in [5, 5.41) is 0. The zero-order chi connectivity index (χ0) is 13.8. The molecule has 2 aliphatic rings. The average molecular weight is 264 g/mol. The van der Waals surface area contributed by atoms with Crippen molar-refractivity contribution in [1.29, 1.82) is 0 Å². The fourth-order valence-electron chi connectivity index (χ4n) is 3.36. The standard InChI is InChI=1S/C16H24O3/c1-3-4-5-6-12(17)7-8-13-11(2)9-15-14(13)10-16(18)19-15/h7-8,11,13-15H,3-6,9-10H2,1-2H3/b8-7+/t11-,13+,14?,15+/m1/s1. The van der Waals surface area contributed by atoms with Crippen LogP contribution in [0.25, 0.3) is 0 Å². The summed E-state index contributed by atoms with van der Waals surface area (Å²) in [5.74, 6) is 1.26. The van der Waals surface area contributed by atoms with Crippen LogP contribution in [0.1, 0.15) is 52.4 Å². The van der Waals surface area contributed by atoms with Crippen LogP contribution in [0.5, 0.6) is 0 Å². The number of rotatable bonds is 6. The summed E-state index contributed by atoms with van der Waals surface area (Å²) in [7, 11) is 0. The Balaban J connectivity index is 1.87. The van der Waals surface area contributed by atoms with E-state index >= 15 is 0 Å². The van der Waals surface area contributed by atoms with Crippen molar-refractivity contribution in [3.8, 4) is 0 Å². The molecule has 1 aliphatic carbocycles. The number of unbranched alkanes of at least 4 members (excludes halogenated alkanes) is 2. The Bertz CT molecular complexity index is 372. The lowest BCUT2D eigenvalue weighted by Gasteiger charge is -2.15. The lowest BCUT2D eigenvalue weighted by molar-refractivity contribution is -0.141. The Hall–Kier alpha value is -1.12. The number of hydrogen-bond donors (Lipinski definition) is 0.